The van der Waals surface area contributed by atoms with Crippen LogP contribution in [0.1, 0.15) is 20.8 Å². The van der Waals surface area contributed by atoms with Gasteiger partial charge in [-0.2, -0.15) is 40.8 Å². The zero-order valence-electron chi connectivity index (χ0n) is 9.91. The Balaban J connectivity index is -0.0000000450. The average Bonchev–Trinajstić information content (AvgIpc) is 2.18. The molecule has 3 nitrogen and oxygen atoms in total. The van der Waals surface area contributed by atoms with Gasteiger partial charge in [-0.15, -0.1) is 0 Å². The fourth-order valence-electron chi connectivity index (χ4n) is 0. The minimum Gasteiger partial charge on any atom is -0.665 e. The minimum absolute atomic E-state index is 0. The third-order valence-corrected chi connectivity index (χ3v) is 0.949. The van der Waals surface area contributed by atoms with Crippen LogP contribution in [0.2, 0.25) is 0 Å². The Morgan fingerprint density at radius 1 is 0.615 bits per heavy atom. The first-order valence-corrected chi connectivity index (χ1v) is 4.41. The standard InChI is InChI=1S/3C3H8N.Ta/c3*1-3-4-2;/h3*3H2,1-2H3;/q3*-1;. The Hall–Kier alpha value is 0.620. The molecule has 0 atom stereocenters. The first-order chi connectivity index (χ1) is 5.74. The quantitative estimate of drug-likeness (QED) is 0.747. The van der Waals surface area contributed by atoms with Crippen LogP contribution in [0.3, 0.4) is 0 Å². The largest absolute Gasteiger partial charge is 0.665 e. The van der Waals surface area contributed by atoms with Crippen molar-refractivity contribution >= 4 is 0 Å². The van der Waals surface area contributed by atoms with Gasteiger partial charge in [0.2, 0.25) is 0 Å². The maximum Gasteiger partial charge on any atom is 0 e. The third kappa shape index (κ3) is 109. The van der Waals surface area contributed by atoms with Gasteiger partial charge in [-0.25, -0.2) is 0 Å². The molecular weight excluding hydrogens is 331 g/mol. The van der Waals surface area contributed by atoms with E-state index >= 15 is 0 Å². The van der Waals surface area contributed by atoms with Gasteiger partial charge in [0.25, 0.3) is 0 Å². The molecule has 0 spiro atoms. The van der Waals surface area contributed by atoms with Crippen LogP contribution in [-0.4, -0.2) is 40.8 Å². The molecule has 1 radical (unpaired) electrons. The number of hydrogen-bond acceptors (Lipinski definition) is 0. The Kier molecular flexibility index (Phi) is 70.1. The smallest absolute Gasteiger partial charge is 0 e. The van der Waals surface area contributed by atoms with Crippen LogP contribution in [0.15, 0.2) is 0 Å². The van der Waals surface area contributed by atoms with E-state index in [1.807, 2.05) is 20.8 Å². The monoisotopic (exact) mass is 355 g/mol. The van der Waals surface area contributed by atoms with E-state index in [-0.39, 0.29) is 22.4 Å². The topological polar surface area (TPSA) is 42.3 Å². The second-order valence-corrected chi connectivity index (χ2v) is 1.90. The summed E-state index contributed by atoms with van der Waals surface area (Å²) in [5.41, 5.74) is 0. The predicted molar refractivity (Wildman–Crippen MR) is 59.5 cm³/mol. The number of nitrogens with zero attached hydrogens (tertiary/aromatic N) is 3. The summed E-state index contributed by atoms with van der Waals surface area (Å²) in [6.07, 6.45) is 0. The van der Waals surface area contributed by atoms with Crippen molar-refractivity contribution in [2.75, 3.05) is 40.8 Å². The molecular formula is C9H24N3Ta-3. The molecule has 0 fully saturated rings. The van der Waals surface area contributed by atoms with E-state index < -0.39 is 0 Å². The van der Waals surface area contributed by atoms with Gasteiger partial charge in [0, 0.05) is 22.4 Å². The summed E-state index contributed by atoms with van der Waals surface area (Å²) >= 11 is 0. The van der Waals surface area contributed by atoms with Crippen molar-refractivity contribution in [3.63, 3.8) is 0 Å². The van der Waals surface area contributed by atoms with Gasteiger partial charge in [0.1, 0.15) is 0 Å². The normalized spacial score (nSPS) is 6.92. The SMILES string of the molecule is CC[N-]C.CC[N-]C.CC[N-]C.[Ta]. The van der Waals surface area contributed by atoms with Crippen molar-refractivity contribution in [3.05, 3.63) is 16.0 Å². The Morgan fingerprint density at radius 3 is 0.692 bits per heavy atom. The molecule has 0 aromatic heterocycles. The molecule has 0 aromatic rings. The maximum absolute atomic E-state index is 3.74. The molecule has 0 aromatic carbocycles. The van der Waals surface area contributed by atoms with Crippen molar-refractivity contribution < 1.29 is 22.4 Å². The van der Waals surface area contributed by atoms with Gasteiger partial charge in [0.05, 0.1) is 0 Å². The molecule has 0 bridgehead atoms. The van der Waals surface area contributed by atoms with Crippen molar-refractivity contribution in [1.29, 1.82) is 0 Å². The molecule has 0 saturated carbocycles. The van der Waals surface area contributed by atoms with E-state index in [1.54, 1.807) is 21.1 Å². The first-order valence-electron chi connectivity index (χ1n) is 4.41. The van der Waals surface area contributed by atoms with Gasteiger partial charge < -0.3 is 16.0 Å². The number of rotatable bonds is 3. The molecule has 13 heavy (non-hydrogen) atoms. The molecule has 0 heterocycles. The van der Waals surface area contributed by atoms with Crippen molar-refractivity contribution in [2.24, 2.45) is 0 Å². The van der Waals surface area contributed by atoms with Gasteiger partial charge >= 0.3 is 0 Å². The van der Waals surface area contributed by atoms with Crippen LogP contribution in [0.25, 0.3) is 16.0 Å². The number of hydrogen-bond donors (Lipinski definition) is 0. The van der Waals surface area contributed by atoms with Crippen molar-refractivity contribution in [1.82, 2.24) is 0 Å². The molecule has 0 N–H and O–H groups in total. The summed E-state index contributed by atoms with van der Waals surface area (Å²) < 4.78 is 0. The van der Waals surface area contributed by atoms with Crippen LogP contribution in [0.4, 0.5) is 0 Å². The van der Waals surface area contributed by atoms with E-state index in [2.05, 4.69) is 16.0 Å². The molecule has 0 aliphatic heterocycles. The second-order valence-electron chi connectivity index (χ2n) is 1.90. The molecule has 4 heteroatoms. The van der Waals surface area contributed by atoms with E-state index in [0.717, 1.165) is 19.6 Å². The Bertz CT molecular complexity index is 30.3. The fourth-order valence-corrected chi connectivity index (χ4v) is 0. The van der Waals surface area contributed by atoms with Crippen molar-refractivity contribution in [2.45, 2.75) is 20.8 Å². The zero-order valence-corrected chi connectivity index (χ0v) is 13.1. The van der Waals surface area contributed by atoms with Crippen LogP contribution in [0, 0.1) is 0 Å². The van der Waals surface area contributed by atoms with Crippen molar-refractivity contribution in [3.8, 4) is 0 Å². The minimum atomic E-state index is 0. The van der Waals surface area contributed by atoms with E-state index in [1.165, 1.54) is 0 Å². The van der Waals surface area contributed by atoms with Gasteiger partial charge in [-0.05, 0) is 0 Å². The Labute approximate surface area is 100.0 Å². The van der Waals surface area contributed by atoms with Gasteiger partial charge in [-0.1, -0.05) is 20.8 Å². The van der Waals surface area contributed by atoms with Crippen LogP contribution < -0.4 is 0 Å². The summed E-state index contributed by atoms with van der Waals surface area (Å²) in [7, 11) is 5.42. The maximum atomic E-state index is 3.74. The molecule has 0 aliphatic carbocycles. The summed E-state index contributed by atoms with van der Waals surface area (Å²) in [5.74, 6) is 0. The second kappa shape index (κ2) is 38.9. The summed E-state index contributed by atoms with van der Waals surface area (Å²) in [5, 5.41) is 11.2. The molecule has 0 unspecified atom stereocenters. The average molecular weight is 355 g/mol. The van der Waals surface area contributed by atoms with Crippen LogP contribution in [0.5, 0.6) is 0 Å². The van der Waals surface area contributed by atoms with E-state index in [0.29, 0.717) is 0 Å². The Morgan fingerprint density at radius 2 is 0.692 bits per heavy atom. The summed E-state index contributed by atoms with van der Waals surface area (Å²) in [4.78, 5) is 0. The predicted octanol–water partition coefficient (Wildman–Crippen LogP) is 3.03. The van der Waals surface area contributed by atoms with E-state index in [9.17, 15) is 0 Å². The zero-order chi connectivity index (χ0) is 10.2. The van der Waals surface area contributed by atoms with E-state index in [4.69, 9.17) is 0 Å². The summed E-state index contributed by atoms with van der Waals surface area (Å²) in [6, 6.07) is 0. The molecule has 83 valence electrons. The molecule has 0 rings (SSSR count). The van der Waals surface area contributed by atoms with Gasteiger partial charge in [-0.3, -0.25) is 0 Å². The van der Waals surface area contributed by atoms with Crippen LogP contribution >= 0.6 is 0 Å². The molecule has 0 amide bonds. The van der Waals surface area contributed by atoms with Crippen LogP contribution in [-0.2, 0) is 22.4 Å². The first kappa shape index (κ1) is 23.4. The third-order valence-electron chi connectivity index (χ3n) is 0.949. The molecule has 0 saturated heterocycles. The van der Waals surface area contributed by atoms with Gasteiger partial charge in [0.15, 0.2) is 0 Å². The fraction of sp³-hybridized carbons (Fsp3) is 1.00. The summed E-state index contributed by atoms with van der Waals surface area (Å²) in [6.45, 7) is 8.88. The molecule has 0 aliphatic rings.